The van der Waals surface area contributed by atoms with E-state index in [1.807, 2.05) is 54.6 Å². The van der Waals surface area contributed by atoms with Crippen molar-refractivity contribution in [2.24, 2.45) is 11.8 Å². The maximum Gasteiger partial charge on any atom is 0.337 e. The van der Waals surface area contributed by atoms with Crippen molar-refractivity contribution in [1.29, 1.82) is 0 Å². The number of amides is 2. The zero-order chi connectivity index (χ0) is 32.6. The van der Waals surface area contributed by atoms with Crippen LogP contribution in [0.4, 0.5) is 5.69 Å². The fraction of sp³-hybridized carbons (Fsp3) is 0.200. The Morgan fingerprint density at radius 2 is 1.48 bits per heavy atom. The number of aliphatic carboxylic acids is 1. The number of nitro benzene ring substituents is 1. The molecular formula is C35H29N3O8. The second-order valence-corrected chi connectivity index (χ2v) is 11.4. The summed E-state index contributed by atoms with van der Waals surface area (Å²) >= 11 is 0. The van der Waals surface area contributed by atoms with E-state index in [1.165, 1.54) is 43.5 Å². The Morgan fingerprint density at radius 3 is 2.07 bits per heavy atom. The van der Waals surface area contributed by atoms with Gasteiger partial charge in [0.2, 0.25) is 11.8 Å². The number of likely N-dealkylation sites (tertiary alicyclic amines) is 1. The van der Waals surface area contributed by atoms with Gasteiger partial charge in [-0.25, -0.2) is 4.79 Å². The Kier molecular flexibility index (Phi) is 7.93. The number of esters is 1. The summed E-state index contributed by atoms with van der Waals surface area (Å²) in [4.78, 5) is 65.1. The first-order valence-corrected chi connectivity index (χ1v) is 14.6. The Labute approximate surface area is 263 Å². The van der Waals surface area contributed by atoms with Crippen LogP contribution >= 0.6 is 0 Å². The minimum atomic E-state index is -1.89. The van der Waals surface area contributed by atoms with Crippen molar-refractivity contribution in [3.63, 3.8) is 0 Å². The third-order valence-electron chi connectivity index (χ3n) is 8.85. The number of hydrogen-bond donors (Lipinski definition) is 2. The van der Waals surface area contributed by atoms with Gasteiger partial charge in [-0.3, -0.25) is 34.7 Å². The van der Waals surface area contributed by atoms with Crippen LogP contribution in [-0.2, 0) is 32.1 Å². The van der Waals surface area contributed by atoms with Gasteiger partial charge in [0.15, 0.2) is 0 Å². The first-order valence-electron chi connectivity index (χ1n) is 14.6. The van der Waals surface area contributed by atoms with Crippen molar-refractivity contribution in [3.05, 3.63) is 135 Å². The molecule has 0 aliphatic carbocycles. The molecule has 0 aromatic heterocycles. The van der Waals surface area contributed by atoms with E-state index in [0.717, 1.165) is 16.0 Å². The molecule has 232 valence electrons. The SMILES string of the molecule is COC(=O)c1ccc(CN2C(=O)C3C(c4ccc(-c5ccccc5)cc4)NC(Cc4ccc([N+](=O)[O-])cc4)(C(=O)O)C3C2=O)cc1. The second-order valence-electron chi connectivity index (χ2n) is 11.4. The van der Waals surface area contributed by atoms with Gasteiger partial charge < -0.3 is 9.84 Å². The highest BCUT2D eigenvalue weighted by Crippen LogP contribution is 2.50. The summed E-state index contributed by atoms with van der Waals surface area (Å²) in [7, 11) is 1.27. The maximum atomic E-state index is 14.1. The predicted octanol–water partition coefficient (Wildman–Crippen LogP) is 4.56. The number of carboxylic acids is 1. The molecule has 4 unspecified atom stereocenters. The molecule has 2 fully saturated rings. The number of benzene rings is 4. The Hall–Kier alpha value is -5.68. The number of nitro groups is 1. The third-order valence-corrected chi connectivity index (χ3v) is 8.85. The minimum Gasteiger partial charge on any atom is -0.480 e. The quantitative estimate of drug-likeness (QED) is 0.119. The molecule has 11 nitrogen and oxygen atoms in total. The van der Waals surface area contributed by atoms with Crippen molar-refractivity contribution in [2.45, 2.75) is 24.5 Å². The number of ether oxygens (including phenoxy) is 1. The molecule has 0 saturated carbocycles. The van der Waals surface area contributed by atoms with Gasteiger partial charge in [0.05, 0.1) is 36.0 Å². The largest absolute Gasteiger partial charge is 0.480 e. The molecule has 6 rings (SSSR count). The van der Waals surface area contributed by atoms with Gasteiger partial charge in [0.25, 0.3) is 5.69 Å². The highest BCUT2D eigenvalue weighted by atomic mass is 16.6. The number of fused-ring (bicyclic) bond motifs is 1. The molecule has 0 spiro atoms. The van der Waals surface area contributed by atoms with Crippen LogP contribution in [0.2, 0.25) is 0 Å². The van der Waals surface area contributed by atoms with Crippen molar-refractivity contribution in [3.8, 4) is 11.1 Å². The lowest BCUT2D eigenvalue weighted by molar-refractivity contribution is -0.384. The van der Waals surface area contributed by atoms with Crippen LogP contribution in [0.15, 0.2) is 103 Å². The molecule has 4 aromatic carbocycles. The second kappa shape index (κ2) is 12.0. The first-order chi connectivity index (χ1) is 22.1. The molecule has 2 saturated heterocycles. The van der Waals surface area contributed by atoms with Crippen molar-refractivity contribution in [1.82, 2.24) is 10.2 Å². The fourth-order valence-electron chi connectivity index (χ4n) is 6.56. The molecule has 0 bridgehead atoms. The predicted molar refractivity (Wildman–Crippen MR) is 165 cm³/mol. The number of carboxylic acid groups (broad SMARTS) is 1. The van der Waals surface area contributed by atoms with Gasteiger partial charge in [0, 0.05) is 24.6 Å². The highest BCUT2D eigenvalue weighted by molar-refractivity contribution is 6.09. The molecule has 2 aliphatic rings. The van der Waals surface area contributed by atoms with Gasteiger partial charge in [0.1, 0.15) is 5.54 Å². The Balaban J connectivity index is 1.38. The summed E-state index contributed by atoms with van der Waals surface area (Å²) in [5.41, 5.74) is 1.85. The van der Waals surface area contributed by atoms with Crippen molar-refractivity contribution >= 4 is 29.4 Å². The molecule has 4 atom stereocenters. The van der Waals surface area contributed by atoms with E-state index in [0.29, 0.717) is 22.3 Å². The summed E-state index contributed by atoms with van der Waals surface area (Å²) < 4.78 is 4.74. The van der Waals surface area contributed by atoms with Crippen molar-refractivity contribution in [2.75, 3.05) is 7.11 Å². The summed E-state index contributed by atoms with van der Waals surface area (Å²) in [6, 6.07) is 28.1. The van der Waals surface area contributed by atoms with Crippen LogP contribution in [-0.4, -0.2) is 51.3 Å². The number of nitrogens with one attached hydrogen (secondary N) is 1. The molecular weight excluding hydrogens is 590 g/mol. The molecule has 2 heterocycles. The lowest BCUT2D eigenvalue weighted by atomic mass is 9.76. The van der Waals surface area contributed by atoms with E-state index >= 15 is 0 Å². The average molecular weight is 620 g/mol. The van der Waals surface area contributed by atoms with E-state index in [4.69, 9.17) is 4.74 Å². The first kappa shape index (κ1) is 30.4. The number of carbonyl (C=O) groups is 4. The van der Waals surface area contributed by atoms with Gasteiger partial charge in [-0.2, -0.15) is 0 Å². The van der Waals surface area contributed by atoms with E-state index in [1.54, 1.807) is 12.1 Å². The zero-order valence-corrected chi connectivity index (χ0v) is 24.7. The third kappa shape index (κ3) is 5.30. The normalized spacial score (nSPS) is 22.0. The van der Waals surface area contributed by atoms with Gasteiger partial charge in [-0.05, 0) is 39.9 Å². The Morgan fingerprint density at radius 1 is 0.870 bits per heavy atom. The number of hydrogen-bond acceptors (Lipinski definition) is 8. The van der Waals surface area contributed by atoms with Crippen molar-refractivity contribution < 1.29 is 33.9 Å². The van der Waals surface area contributed by atoms with Crippen LogP contribution in [0, 0.1) is 22.0 Å². The summed E-state index contributed by atoms with van der Waals surface area (Å²) in [6.07, 6.45) is -0.194. The molecule has 2 amide bonds. The summed E-state index contributed by atoms with van der Waals surface area (Å²) in [6.45, 7) is -0.112. The van der Waals surface area contributed by atoms with E-state index in [2.05, 4.69) is 5.32 Å². The maximum absolute atomic E-state index is 14.1. The smallest absolute Gasteiger partial charge is 0.337 e. The van der Waals surface area contributed by atoms with Crippen LogP contribution in [0.5, 0.6) is 0 Å². The van der Waals surface area contributed by atoms with E-state index < -0.39 is 52.1 Å². The van der Waals surface area contributed by atoms with Crippen LogP contribution < -0.4 is 5.32 Å². The summed E-state index contributed by atoms with van der Waals surface area (Å²) in [5.74, 6) is -5.27. The number of nitrogens with zero attached hydrogens (tertiary/aromatic N) is 2. The van der Waals surface area contributed by atoms with Crippen LogP contribution in [0.25, 0.3) is 11.1 Å². The lowest BCUT2D eigenvalue weighted by Crippen LogP contribution is -2.57. The van der Waals surface area contributed by atoms with Gasteiger partial charge in [-0.1, -0.05) is 78.9 Å². The molecule has 11 heteroatoms. The lowest BCUT2D eigenvalue weighted by Gasteiger charge is -2.31. The van der Waals surface area contributed by atoms with Gasteiger partial charge >= 0.3 is 11.9 Å². The molecule has 2 N–H and O–H groups in total. The Bertz CT molecular complexity index is 1820. The number of imide groups is 1. The van der Waals surface area contributed by atoms with E-state index in [9.17, 15) is 34.4 Å². The molecule has 2 aliphatic heterocycles. The monoisotopic (exact) mass is 619 g/mol. The van der Waals surface area contributed by atoms with Crippen LogP contribution in [0.1, 0.15) is 33.1 Å². The fourth-order valence-corrected chi connectivity index (χ4v) is 6.56. The zero-order valence-electron chi connectivity index (χ0n) is 24.7. The number of methoxy groups -OCH3 is 1. The average Bonchev–Trinajstić information content (AvgIpc) is 3.55. The number of carbonyl (C=O) groups excluding carboxylic acids is 3. The minimum absolute atomic E-state index is 0.112. The van der Waals surface area contributed by atoms with Crippen LogP contribution in [0.3, 0.4) is 0 Å². The molecule has 46 heavy (non-hydrogen) atoms. The number of non-ortho nitro benzene ring substituents is 1. The van der Waals surface area contributed by atoms with E-state index in [-0.39, 0.29) is 18.7 Å². The molecule has 4 aromatic rings. The summed E-state index contributed by atoms with van der Waals surface area (Å²) in [5, 5.41) is 25.2. The standard InChI is InChI=1S/C35H29N3O8/c1-46-33(41)26-11-7-22(8-12-26)20-37-31(39)28-29(32(37)40)35(34(42)43,19-21-9-17-27(18-10-21)38(44)45)36-30(28)25-15-13-24(14-16-25)23-5-3-2-4-6-23/h2-18,28-30,36H,19-20H2,1H3,(H,42,43). The number of rotatable bonds is 9. The molecule has 0 radical (unpaired) electrons. The van der Waals surface area contributed by atoms with Gasteiger partial charge in [-0.15, -0.1) is 0 Å². The highest BCUT2D eigenvalue weighted by Gasteiger charge is 2.68. The topological polar surface area (TPSA) is 156 Å².